The number of carbonyl (C=O) groups excluding carboxylic acids is 1. The second-order valence-electron chi connectivity index (χ2n) is 3.24. The SMILES string of the molecule is COC(=O)c1cc(F)cc2c(C)coc12. The Bertz CT molecular complexity index is 528. The molecule has 1 aromatic heterocycles. The first-order chi connectivity index (χ1) is 7.13. The number of methoxy groups -OCH3 is 1. The molecule has 4 heteroatoms. The van der Waals surface area contributed by atoms with Crippen LogP contribution in [0.25, 0.3) is 11.0 Å². The summed E-state index contributed by atoms with van der Waals surface area (Å²) in [7, 11) is 1.24. The van der Waals surface area contributed by atoms with Crippen LogP contribution in [0, 0.1) is 12.7 Å². The number of fused-ring (bicyclic) bond motifs is 1. The smallest absolute Gasteiger partial charge is 0.341 e. The summed E-state index contributed by atoms with van der Waals surface area (Å²) in [6.07, 6.45) is 1.48. The number of furan rings is 1. The van der Waals surface area contributed by atoms with Crippen LogP contribution in [0.5, 0.6) is 0 Å². The fourth-order valence-corrected chi connectivity index (χ4v) is 1.49. The van der Waals surface area contributed by atoms with Gasteiger partial charge in [-0.3, -0.25) is 0 Å². The zero-order chi connectivity index (χ0) is 11.0. The first kappa shape index (κ1) is 9.71. The minimum atomic E-state index is -0.603. The third-order valence-electron chi connectivity index (χ3n) is 2.24. The summed E-state index contributed by atoms with van der Waals surface area (Å²) in [5.74, 6) is -1.08. The number of hydrogen-bond donors (Lipinski definition) is 0. The van der Waals surface area contributed by atoms with Crippen molar-refractivity contribution in [3.05, 3.63) is 35.3 Å². The van der Waals surface area contributed by atoms with Gasteiger partial charge in [0, 0.05) is 5.39 Å². The Morgan fingerprint density at radius 2 is 2.20 bits per heavy atom. The Morgan fingerprint density at radius 3 is 2.87 bits per heavy atom. The third kappa shape index (κ3) is 1.48. The highest BCUT2D eigenvalue weighted by Gasteiger charge is 2.16. The first-order valence-corrected chi connectivity index (χ1v) is 4.39. The van der Waals surface area contributed by atoms with Gasteiger partial charge in [-0.1, -0.05) is 0 Å². The highest BCUT2D eigenvalue weighted by atomic mass is 19.1. The largest absolute Gasteiger partial charge is 0.465 e. The van der Waals surface area contributed by atoms with Crippen molar-refractivity contribution < 1.29 is 18.3 Å². The number of rotatable bonds is 1. The molecule has 0 unspecified atom stereocenters. The summed E-state index contributed by atoms with van der Waals surface area (Å²) in [6, 6.07) is 2.44. The van der Waals surface area contributed by atoms with E-state index in [2.05, 4.69) is 4.74 Å². The van der Waals surface area contributed by atoms with Crippen molar-refractivity contribution >= 4 is 16.9 Å². The van der Waals surface area contributed by atoms with Gasteiger partial charge in [0.2, 0.25) is 0 Å². The number of esters is 1. The van der Waals surface area contributed by atoms with Crippen LogP contribution in [-0.2, 0) is 4.74 Å². The van der Waals surface area contributed by atoms with Gasteiger partial charge >= 0.3 is 5.97 Å². The van der Waals surface area contributed by atoms with E-state index in [1.54, 1.807) is 6.92 Å². The van der Waals surface area contributed by atoms with Gasteiger partial charge in [0.15, 0.2) is 0 Å². The number of halogens is 1. The maximum atomic E-state index is 13.2. The molecule has 0 aliphatic rings. The van der Waals surface area contributed by atoms with E-state index in [-0.39, 0.29) is 5.56 Å². The maximum Gasteiger partial charge on any atom is 0.341 e. The maximum absolute atomic E-state index is 13.2. The van der Waals surface area contributed by atoms with Crippen LogP contribution in [0.3, 0.4) is 0 Å². The molecule has 1 heterocycles. The van der Waals surface area contributed by atoms with E-state index in [4.69, 9.17) is 4.42 Å². The van der Waals surface area contributed by atoms with E-state index in [9.17, 15) is 9.18 Å². The Balaban J connectivity index is 2.78. The molecule has 2 aromatic rings. The summed E-state index contributed by atoms with van der Waals surface area (Å²) in [6.45, 7) is 1.78. The Labute approximate surface area is 85.4 Å². The molecule has 0 atom stereocenters. The second-order valence-corrected chi connectivity index (χ2v) is 3.24. The van der Waals surface area contributed by atoms with Gasteiger partial charge in [0.1, 0.15) is 17.0 Å². The van der Waals surface area contributed by atoms with Crippen LogP contribution in [0.1, 0.15) is 15.9 Å². The highest BCUT2D eigenvalue weighted by Crippen LogP contribution is 2.25. The van der Waals surface area contributed by atoms with E-state index in [1.165, 1.54) is 19.4 Å². The molecule has 0 aliphatic carbocycles. The lowest BCUT2D eigenvalue weighted by Crippen LogP contribution is -2.02. The van der Waals surface area contributed by atoms with Crippen LogP contribution in [-0.4, -0.2) is 13.1 Å². The molecule has 0 spiro atoms. The lowest BCUT2D eigenvalue weighted by molar-refractivity contribution is 0.0601. The zero-order valence-corrected chi connectivity index (χ0v) is 8.33. The molecule has 15 heavy (non-hydrogen) atoms. The predicted octanol–water partition coefficient (Wildman–Crippen LogP) is 2.67. The van der Waals surface area contributed by atoms with Crippen molar-refractivity contribution in [2.75, 3.05) is 7.11 Å². The molecular formula is C11H9FO3. The molecule has 0 bridgehead atoms. The number of carbonyl (C=O) groups is 1. The molecule has 0 radical (unpaired) electrons. The lowest BCUT2D eigenvalue weighted by Gasteiger charge is -2.00. The minimum Gasteiger partial charge on any atom is -0.465 e. The van der Waals surface area contributed by atoms with Crippen LogP contribution in [0.2, 0.25) is 0 Å². The van der Waals surface area contributed by atoms with E-state index >= 15 is 0 Å². The number of ether oxygens (including phenoxy) is 1. The third-order valence-corrected chi connectivity index (χ3v) is 2.24. The van der Waals surface area contributed by atoms with Gasteiger partial charge in [-0.05, 0) is 24.6 Å². The Hall–Kier alpha value is -1.84. The van der Waals surface area contributed by atoms with Crippen molar-refractivity contribution in [2.24, 2.45) is 0 Å². The molecule has 0 N–H and O–H groups in total. The highest BCUT2D eigenvalue weighted by molar-refractivity contribution is 6.02. The monoisotopic (exact) mass is 208 g/mol. The minimum absolute atomic E-state index is 0.112. The van der Waals surface area contributed by atoms with E-state index in [0.29, 0.717) is 11.0 Å². The van der Waals surface area contributed by atoms with Crippen molar-refractivity contribution in [3.8, 4) is 0 Å². The van der Waals surface area contributed by atoms with Gasteiger partial charge in [0.05, 0.1) is 13.4 Å². The van der Waals surface area contributed by atoms with Gasteiger partial charge in [-0.25, -0.2) is 9.18 Å². The van der Waals surface area contributed by atoms with E-state index in [0.717, 1.165) is 11.6 Å². The average molecular weight is 208 g/mol. The van der Waals surface area contributed by atoms with Crippen LogP contribution >= 0.6 is 0 Å². The quantitative estimate of drug-likeness (QED) is 0.676. The van der Waals surface area contributed by atoms with E-state index < -0.39 is 11.8 Å². The molecule has 3 nitrogen and oxygen atoms in total. The average Bonchev–Trinajstić information content (AvgIpc) is 2.58. The van der Waals surface area contributed by atoms with Crippen molar-refractivity contribution in [2.45, 2.75) is 6.92 Å². The summed E-state index contributed by atoms with van der Waals surface area (Å²) in [4.78, 5) is 11.3. The Morgan fingerprint density at radius 1 is 1.47 bits per heavy atom. The molecule has 2 rings (SSSR count). The predicted molar refractivity (Wildman–Crippen MR) is 52.2 cm³/mol. The Kier molecular flexibility index (Phi) is 2.19. The summed E-state index contributed by atoms with van der Waals surface area (Å²) >= 11 is 0. The van der Waals surface area contributed by atoms with Crippen molar-refractivity contribution in [3.63, 3.8) is 0 Å². The summed E-state index contributed by atoms with van der Waals surface area (Å²) in [5.41, 5.74) is 1.26. The van der Waals surface area contributed by atoms with Gasteiger partial charge < -0.3 is 9.15 Å². The summed E-state index contributed by atoms with van der Waals surface area (Å²) in [5, 5.41) is 0.593. The van der Waals surface area contributed by atoms with Crippen LogP contribution in [0.15, 0.2) is 22.8 Å². The van der Waals surface area contributed by atoms with Crippen molar-refractivity contribution in [1.82, 2.24) is 0 Å². The van der Waals surface area contributed by atoms with Gasteiger partial charge in [-0.15, -0.1) is 0 Å². The van der Waals surface area contributed by atoms with Crippen LogP contribution < -0.4 is 0 Å². The molecule has 1 aromatic carbocycles. The molecule has 0 fully saturated rings. The zero-order valence-electron chi connectivity index (χ0n) is 8.33. The molecule has 0 saturated carbocycles. The van der Waals surface area contributed by atoms with E-state index in [1.807, 2.05) is 0 Å². The molecule has 0 saturated heterocycles. The number of benzene rings is 1. The first-order valence-electron chi connectivity index (χ1n) is 4.39. The molecule has 0 aliphatic heterocycles. The second kappa shape index (κ2) is 3.38. The standard InChI is InChI=1S/C11H9FO3/c1-6-5-15-10-8(6)3-7(12)4-9(10)11(13)14-2/h3-5H,1-2H3. The fourth-order valence-electron chi connectivity index (χ4n) is 1.49. The fraction of sp³-hybridized carbons (Fsp3) is 0.182. The summed E-state index contributed by atoms with van der Waals surface area (Å²) < 4.78 is 22.9. The van der Waals surface area contributed by atoms with Gasteiger partial charge in [-0.2, -0.15) is 0 Å². The van der Waals surface area contributed by atoms with Crippen LogP contribution in [0.4, 0.5) is 4.39 Å². The molecular weight excluding hydrogens is 199 g/mol. The lowest BCUT2D eigenvalue weighted by atomic mass is 10.1. The number of hydrogen-bond acceptors (Lipinski definition) is 3. The molecule has 78 valence electrons. The van der Waals surface area contributed by atoms with Gasteiger partial charge in [0.25, 0.3) is 0 Å². The van der Waals surface area contributed by atoms with Crippen molar-refractivity contribution in [1.29, 1.82) is 0 Å². The number of aryl methyl sites for hydroxylation is 1. The topological polar surface area (TPSA) is 39.4 Å². The normalized spacial score (nSPS) is 10.6. The molecule has 0 amide bonds.